The lowest BCUT2D eigenvalue weighted by Gasteiger charge is -2.11. The molecule has 0 spiro atoms. The third-order valence-corrected chi connectivity index (χ3v) is 2.80. The Morgan fingerprint density at radius 1 is 1.21 bits per heavy atom. The zero-order valence-electron chi connectivity index (χ0n) is 10.5. The van der Waals surface area contributed by atoms with E-state index < -0.39 is 7.12 Å². The van der Waals surface area contributed by atoms with Crippen LogP contribution in [0.25, 0.3) is 0 Å². The number of ether oxygens (including phenoxy) is 1. The fourth-order valence-electron chi connectivity index (χ4n) is 1.84. The predicted molar refractivity (Wildman–Crippen MR) is 72.6 cm³/mol. The van der Waals surface area contributed by atoms with Crippen LogP contribution in [-0.4, -0.2) is 28.8 Å². The van der Waals surface area contributed by atoms with Gasteiger partial charge in [0, 0.05) is 36.5 Å². The molecule has 0 aliphatic carbocycles. The summed E-state index contributed by atoms with van der Waals surface area (Å²) in [5.41, 5.74) is 1.16. The molecule has 0 radical (unpaired) electrons. The SMILES string of the molecule is COc1ccc(Cn2ccc(=O)cc2)cc1B(O)O. The van der Waals surface area contributed by atoms with Crippen LogP contribution in [0.4, 0.5) is 0 Å². The molecule has 2 rings (SSSR count). The molecule has 0 bridgehead atoms. The van der Waals surface area contributed by atoms with Crippen LogP contribution in [0, 0.1) is 0 Å². The van der Waals surface area contributed by atoms with Gasteiger partial charge in [-0.15, -0.1) is 0 Å². The molecular weight excluding hydrogens is 245 g/mol. The molecule has 0 amide bonds. The average Bonchev–Trinajstić information content (AvgIpc) is 2.41. The molecular formula is C13H14BNO4. The van der Waals surface area contributed by atoms with Crippen molar-refractivity contribution in [3.8, 4) is 5.75 Å². The van der Waals surface area contributed by atoms with Crippen molar-refractivity contribution in [2.45, 2.75) is 6.54 Å². The summed E-state index contributed by atoms with van der Waals surface area (Å²) >= 11 is 0. The van der Waals surface area contributed by atoms with E-state index in [-0.39, 0.29) is 5.43 Å². The minimum Gasteiger partial charge on any atom is -0.497 e. The van der Waals surface area contributed by atoms with E-state index in [1.165, 1.54) is 19.2 Å². The summed E-state index contributed by atoms with van der Waals surface area (Å²) < 4.78 is 6.89. The highest BCUT2D eigenvalue weighted by Crippen LogP contribution is 2.11. The molecule has 1 aromatic heterocycles. The lowest BCUT2D eigenvalue weighted by atomic mass is 9.78. The fourth-order valence-corrected chi connectivity index (χ4v) is 1.84. The molecule has 6 heteroatoms. The fraction of sp³-hybridized carbons (Fsp3) is 0.154. The van der Waals surface area contributed by atoms with E-state index in [9.17, 15) is 14.8 Å². The van der Waals surface area contributed by atoms with Gasteiger partial charge in [0.2, 0.25) is 0 Å². The van der Waals surface area contributed by atoms with E-state index in [4.69, 9.17) is 4.74 Å². The van der Waals surface area contributed by atoms with E-state index in [0.717, 1.165) is 5.56 Å². The van der Waals surface area contributed by atoms with Gasteiger partial charge in [-0.3, -0.25) is 4.79 Å². The van der Waals surface area contributed by atoms with Crippen molar-refractivity contribution in [1.29, 1.82) is 0 Å². The van der Waals surface area contributed by atoms with E-state index >= 15 is 0 Å². The second kappa shape index (κ2) is 5.73. The minimum atomic E-state index is -1.58. The molecule has 98 valence electrons. The normalized spacial score (nSPS) is 10.3. The topological polar surface area (TPSA) is 71.7 Å². The maximum Gasteiger partial charge on any atom is 0.492 e. The number of aromatic nitrogens is 1. The first-order valence-electron chi connectivity index (χ1n) is 5.79. The molecule has 0 saturated heterocycles. The van der Waals surface area contributed by atoms with Gasteiger partial charge in [0.25, 0.3) is 0 Å². The van der Waals surface area contributed by atoms with Crippen molar-refractivity contribution in [2.75, 3.05) is 7.11 Å². The first kappa shape index (κ1) is 13.4. The third kappa shape index (κ3) is 3.24. The average molecular weight is 259 g/mol. The zero-order valence-corrected chi connectivity index (χ0v) is 10.5. The van der Waals surface area contributed by atoms with E-state index in [1.807, 2.05) is 10.6 Å². The first-order chi connectivity index (χ1) is 9.10. The van der Waals surface area contributed by atoms with E-state index in [2.05, 4.69) is 0 Å². The van der Waals surface area contributed by atoms with Gasteiger partial charge in [-0.2, -0.15) is 0 Å². The molecule has 1 aromatic carbocycles. The van der Waals surface area contributed by atoms with Gasteiger partial charge in [0.1, 0.15) is 5.75 Å². The zero-order chi connectivity index (χ0) is 13.8. The Labute approximate surface area is 110 Å². The lowest BCUT2D eigenvalue weighted by molar-refractivity contribution is 0.403. The van der Waals surface area contributed by atoms with Crippen molar-refractivity contribution in [1.82, 2.24) is 4.57 Å². The molecule has 0 unspecified atom stereocenters. The Bertz CT molecular complexity index is 604. The Balaban J connectivity index is 2.28. The molecule has 0 fully saturated rings. The Kier molecular flexibility index (Phi) is 4.04. The summed E-state index contributed by atoms with van der Waals surface area (Å²) in [5.74, 6) is 0.429. The van der Waals surface area contributed by atoms with Crippen molar-refractivity contribution < 1.29 is 14.8 Å². The van der Waals surface area contributed by atoms with Gasteiger partial charge < -0.3 is 19.4 Å². The third-order valence-electron chi connectivity index (χ3n) is 2.80. The maximum atomic E-state index is 11.0. The van der Waals surface area contributed by atoms with Gasteiger partial charge in [-0.1, -0.05) is 12.1 Å². The van der Waals surface area contributed by atoms with Gasteiger partial charge in [-0.25, -0.2) is 0 Å². The summed E-state index contributed by atoms with van der Waals surface area (Å²) in [7, 11) is -0.105. The number of nitrogens with zero attached hydrogens (tertiary/aromatic N) is 1. The van der Waals surface area contributed by atoms with Gasteiger partial charge >= 0.3 is 7.12 Å². The highest BCUT2D eigenvalue weighted by atomic mass is 16.5. The van der Waals surface area contributed by atoms with Crippen molar-refractivity contribution in [3.05, 3.63) is 58.5 Å². The van der Waals surface area contributed by atoms with Crippen molar-refractivity contribution in [2.24, 2.45) is 0 Å². The molecule has 0 atom stereocenters. The smallest absolute Gasteiger partial charge is 0.492 e. The number of hydrogen-bond donors (Lipinski definition) is 2. The molecule has 0 aliphatic heterocycles. The molecule has 0 saturated carbocycles. The predicted octanol–water partition coefficient (Wildman–Crippen LogP) is -0.415. The van der Waals surface area contributed by atoms with Crippen LogP contribution in [0.3, 0.4) is 0 Å². The van der Waals surface area contributed by atoms with Crippen molar-refractivity contribution >= 4 is 12.6 Å². The van der Waals surface area contributed by atoms with Crippen LogP contribution in [0.5, 0.6) is 5.75 Å². The number of pyridine rings is 1. The Morgan fingerprint density at radius 2 is 1.89 bits per heavy atom. The summed E-state index contributed by atoms with van der Waals surface area (Å²) in [6, 6.07) is 8.15. The Morgan fingerprint density at radius 3 is 2.47 bits per heavy atom. The molecule has 2 N–H and O–H groups in total. The van der Waals surface area contributed by atoms with Gasteiger partial charge in [0.05, 0.1) is 7.11 Å². The maximum absolute atomic E-state index is 11.0. The summed E-state index contributed by atoms with van der Waals surface area (Å²) in [4.78, 5) is 11.0. The number of rotatable bonds is 4. The largest absolute Gasteiger partial charge is 0.497 e. The van der Waals surface area contributed by atoms with E-state index in [0.29, 0.717) is 17.8 Å². The van der Waals surface area contributed by atoms with Crippen LogP contribution in [0.2, 0.25) is 0 Å². The highest BCUT2D eigenvalue weighted by molar-refractivity contribution is 6.59. The van der Waals surface area contributed by atoms with E-state index in [1.54, 1.807) is 24.5 Å². The highest BCUT2D eigenvalue weighted by Gasteiger charge is 2.17. The van der Waals surface area contributed by atoms with Crippen LogP contribution >= 0.6 is 0 Å². The summed E-state index contributed by atoms with van der Waals surface area (Å²) in [5, 5.41) is 18.6. The Hall–Kier alpha value is -2.05. The second-order valence-electron chi connectivity index (χ2n) is 4.16. The monoisotopic (exact) mass is 259 g/mol. The minimum absolute atomic E-state index is 0.0440. The standard InChI is InChI=1S/C13H14BNO4/c1-19-13-3-2-10(8-12(13)14(17)18)9-15-6-4-11(16)5-7-15/h2-8,17-18H,9H2,1H3. The quantitative estimate of drug-likeness (QED) is 0.732. The number of methoxy groups -OCH3 is 1. The molecule has 0 aliphatic rings. The van der Waals surface area contributed by atoms with Crippen LogP contribution in [0.15, 0.2) is 47.5 Å². The molecule has 5 nitrogen and oxygen atoms in total. The summed E-state index contributed by atoms with van der Waals surface area (Å²) in [6.07, 6.45) is 3.36. The molecule has 2 aromatic rings. The van der Waals surface area contributed by atoms with Crippen LogP contribution in [-0.2, 0) is 6.54 Å². The van der Waals surface area contributed by atoms with Crippen molar-refractivity contribution in [3.63, 3.8) is 0 Å². The second-order valence-corrected chi connectivity index (χ2v) is 4.16. The lowest BCUT2D eigenvalue weighted by Crippen LogP contribution is -2.31. The molecule has 19 heavy (non-hydrogen) atoms. The van der Waals surface area contributed by atoms with Crippen LogP contribution < -0.4 is 15.6 Å². The molecule has 1 heterocycles. The van der Waals surface area contributed by atoms with Crippen LogP contribution in [0.1, 0.15) is 5.56 Å². The number of benzene rings is 1. The van der Waals surface area contributed by atoms with Gasteiger partial charge in [0.15, 0.2) is 5.43 Å². The number of hydrogen-bond acceptors (Lipinski definition) is 4. The first-order valence-corrected chi connectivity index (χ1v) is 5.79. The summed E-state index contributed by atoms with van der Waals surface area (Å²) in [6.45, 7) is 0.532. The van der Waals surface area contributed by atoms with Gasteiger partial charge in [-0.05, 0) is 11.6 Å².